The number of carbonyl (C=O) groups is 2. The van der Waals surface area contributed by atoms with Crippen LogP contribution in [0.25, 0.3) is 0 Å². The number of nitrogens with one attached hydrogen (secondary N) is 1. The van der Waals surface area contributed by atoms with Gasteiger partial charge in [-0.25, -0.2) is 9.97 Å². The number of carboxylic acid groups (broad SMARTS) is 1. The summed E-state index contributed by atoms with van der Waals surface area (Å²) in [6, 6.07) is 23.7. The van der Waals surface area contributed by atoms with Crippen molar-refractivity contribution in [1.82, 2.24) is 15.3 Å². The largest absolute Gasteiger partial charge is 0.484 e. The Morgan fingerprint density at radius 3 is 1.71 bits per heavy atom. The number of aliphatic carboxylic acids is 1. The van der Waals surface area contributed by atoms with E-state index in [1.54, 1.807) is 12.4 Å². The van der Waals surface area contributed by atoms with Gasteiger partial charge in [0.2, 0.25) is 5.91 Å². The molecule has 6 atom stereocenters. The van der Waals surface area contributed by atoms with E-state index in [1.807, 2.05) is 74.5 Å². The molecule has 4 N–H and O–H groups in total. The van der Waals surface area contributed by atoms with E-state index >= 15 is 0 Å². The lowest BCUT2D eigenvalue weighted by Crippen LogP contribution is -2.28. The Morgan fingerprint density at radius 2 is 1.20 bits per heavy atom. The first kappa shape index (κ1) is 33.7. The third-order valence-electron chi connectivity index (χ3n) is 8.91. The molecule has 2 aliphatic heterocycles. The van der Waals surface area contributed by atoms with Crippen LogP contribution in [-0.2, 0) is 9.59 Å². The van der Waals surface area contributed by atoms with Crippen molar-refractivity contribution in [3.63, 3.8) is 0 Å². The second kappa shape index (κ2) is 15.4. The van der Waals surface area contributed by atoms with E-state index in [9.17, 15) is 9.59 Å². The van der Waals surface area contributed by atoms with E-state index in [2.05, 4.69) is 27.4 Å². The molecule has 4 heterocycles. The van der Waals surface area contributed by atoms with Crippen molar-refractivity contribution in [3.8, 4) is 23.3 Å². The number of hydrogen-bond donors (Lipinski definition) is 3. The number of nitrogens with zero attached hydrogens (tertiary/aromatic N) is 2. The Balaban J connectivity index is 0.000000140. The van der Waals surface area contributed by atoms with Gasteiger partial charge in [0.05, 0.1) is 12.0 Å². The number of pyridine rings is 2. The van der Waals surface area contributed by atoms with Crippen LogP contribution in [0.1, 0.15) is 72.9 Å². The Hall–Kier alpha value is -5.16. The minimum atomic E-state index is -0.663. The number of rotatable bonds is 7. The maximum atomic E-state index is 12.5. The second-order valence-electron chi connectivity index (χ2n) is 12.6. The molecule has 0 spiro atoms. The van der Waals surface area contributed by atoms with Gasteiger partial charge in [-0.2, -0.15) is 0 Å². The first-order valence-corrected chi connectivity index (χ1v) is 16.7. The lowest BCUT2D eigenvalue weighted by Gasteiger charge is -2.20. The van der Waals surface area contributed by atoms with Gasteiger partial charge in [-0.15, -0.1) is 0 Å². The smallest absolute Gasteiger partial charge is 0.307 e. The van der Waals surface area contributed by atoms with E-state index in [4.69, 9.17) is 29.8 Å². The van der Waals surface area contributed by atoms with Crippen LogP contribution in [0.2, 0.25) is 0 Å². The molecule has 2 aromatic heterocycles. The lowest BCUT2D eigenvalue weighted by atomic mass is 10.1. The monoisotopic (exact) mass is 666 g/mol. The van der Waals surface area contributed by atoms with Gasteiger partial charge >= 0.3 is 5.97 Å². The van der Waals surface area contributed by atoms with Gasteiger partial charge in [0.1, 0.15) is 26.4 Å². The predicted octanol–water partition coefficient (Wildman–Crippen LogP) is 5.58. The van der Waals surface area contributed by atoms with Gasteiger partial charge in [-0.05, 0) is 72.9 Å². The van der Waals surface area contributed by atoms with Gasteiger partial charge in [-0.1, -0.05) is 60.7 Å². The van der Waals surface area contributed by atoms with Crippen molar-refractivity contribution in [3.05, 3.63) is 107 Å². The van der Waals surface area contributed by atoms with Crippen LogP contribution in [0.5, 0.6) is 23.3 Å². The van der Waals surface area contributed by atoms with Gasteiger partial charge in [0, 0.05) is 24.4 Å². The first-order chi connectivity index (χ1) is 23.8. The summed E-state index contributed by atoms with van der Waals surface area (Å²) in [6.07, 6.45) is 5.18. The van der Waals surface area contributed by atoms with Crippen LogP contribution in [0.4, 0.5) is 0 Å². The zero-order chi connectivity index (χ0) is 34.3. The van der Waals surface area contributed by atoms with E-state index in [0.717, 1.165) is 29.5 Å². The topological polar surface area (TPSA) is 155 Å². The molecule has 8 rings (SSSR count). The molecule has 0 radical (unpaired) electrons. The first-order valence-electron chi connectivity index (χ1n) is 16.7. The van der Waals surface area contributed by atoms with Crippen LogP contribution in [0.3, 0.4) is 0 Å². The molecule has 2 fully saturated rings. The van der Waals surface area contributed by atoms with E-state index in [0.29, 0.717) is 55.6 Å². The fraction of sp³-hybridized carbons (Fsp3) is 0.368. The normalized spacial score (nSPS) is 22.0. The van der Waals surface area contributed by atoms with Gasteiger partial charge < -0.3 is 35.1 Å². The summed E-state index contributed by atoms with van der Waals surface area (Å²) < 4.78 is 21.6. The van der Waals surface area contributed by atoms with Gasteiger partial charge in [0.15, 0.2) is 11.5 Å². The Labute approximate surface area is 285 Å². The zero-order valence-electron chi connectivity index (χ0n) is 27.7. The van der Waals surface area contributed by atoms with E-state index in [1.165, 1.54) is 5.56 Å². The van der Waals surface area contributed by atoms with Gasteiger partial charge in [0.25, 0.3) is 11.8 Å². The van der Waals surface area contributed by atoms with Crippen molar-refractivity contribution >= 4 is 11.9 Å². The molecule has 2 saturated carbocycles. The standard InChI is InChI=1S/C19H20N2O3.C10H10O2.C9H12N2O2/c1-12(14-9-17-19(20-11-14)24-8-7-23-17)21-18(22)16-10-15(16)13-5-3-2-4-6-13;11-10(12)9-6-8(9)7-4-2-1-3-5-7;1-6(10)7-4-8-9(11-5-7)13-3-2-12-8/h2-6,9,11-12,15-16H,7-8,10H2,1H3,(H,21,22);1-5,8-9H,6H2,(H,11,12);4-6H,2-3,10H2,1H3/t12-,15+,16-;8-,9+;6-/m010/s1. The molecule has 2 aromatic carbocycles. The summed E-state index contributed by atoms with van der Waals surface area (Å²) in [7, 11) is 0. The highest BCUT2D eigenvalue weighted by Crippen LogP contribution is 2.48. The second-order valence-corrected chi connectivity index (χ2v) is 12.6. The summed E-state index contributed by atoms with van der Waals surface area (Å²) in [6.45, 7) is 6.07. The number of ether oxygens (including phenoxy) is 4. The maximum absolute atomic E-state index is 12.5. The average Bonchev–Trinajstić information content (AvgIpc) is 4.07. The van der Waals surface area contributed by atoms with Crippen molar-refractivity contribution < 1.29 is 33.6 Å². The number of fused-ring (bicyclic) bond motifs is 2. The minimum absolute atomic E-state index is 0.0247. The fourth-order valence-corrected chi connectivity index (χ4v) is 5.88. The molecular weight excluding hydrogens is 624 g/mol. The van der Waals surface area contributed by atoms with Crippen molar-refractivity contribution in [1.29, 1.82) is 0 Å². The Morgan fingerprint density at radius 1 is 0.735 bits per heavy atom. The Bertz CT molecular complexity index is 1740. The number of aromatic nitrogens is 2. The fourth-order valence-electron chi connectivity index (χ4n) is 5.88. The van der Waals surface area contributed by atoms with Crippen LogP contribution in [-0.4, -0.2) is 53.4 Å². The summed E-state index contributed by atoms with van der Waals surface area (Å²) in [4.78, 5) is 31.4. The molecule has 11 nitrogen and oxygen atoms in total. The SMILES string of the molecule is C[C@H](N)c1cnc2c(c1)OCCO2.C[C@H](NC(=O)[C@H]1C[C@@H]1c1ccccc1)c1cnc2c(c1)OCCO2.O=C(O)[C@H]1C[C@@H]1c1ccccc1. The molecule has 4 aromatic rings. The van der Waals surface area contributed by atoms with Crippen LogP contribution in [0.15, 0.2) is 85.2 Å². The van der Waals surface area contributed by atoms with Crippen molar-refractivity contribution in [2.75, 3.05) is 26.4 Å². The average molecular weight is 667 g/mol. The number of carboxylic acids is 1. The lowest BCUT2D eigenvalue weighted by molar-refractivity contribution is -0.138. The molecule has 4 aliphatic rings. The molecule has 11 heteroatoms. The molecule has 2 aliphatic carbocycles. The highest BCUT2D eigenvalue weighted by Gasteiger charge is 2.44. The van der Waals surface area contributed by atoms with Crippen LogP contribution >= 0.6 is 0 Å². The molecular formula is C38H42N4O7. The molecule has 1 amide bonds. The summed E-state index contributed by atoms with van der Waals surface area (Å²) >= 11 is 0. The highest BCUT2D eigenvalue weighted by atomic mass is 16.6. The van der Waals surface area contributed by atoms with Crippen LogP contribution < -0.4 is 30.0 Å². The van der Waals surface area contributed by atoms with Gasteiger partial charge in [-0.3, -0.25) is 9.59 Å². The number of carbonyl (C=O) groups excluding carboxylic acids is 1. The molecule has 0 unspecified atom stereocenters. The number of nitrogens with two attached hydrogens (primary N) is 1. The molecule has 49 heavy (non-hydrogen) atoms. The quantitative estimate of drug-likeness (QED) is 0.228. The molecule has 0 bridgehead atoms. The predicted molar refractivity (Wildman–Crippen MR) is 182 cm³/mol. The van der Waals surface area contributed by atoms with Crippen molar-refractivity contribution in [2.24, 2.45) is 17.6 Å². The number of amides is 1. The third kappa shape index (κ3) is 8.66. The summed E-state index contributed by atoms with van der Waals surface area (Å²) in [5.41, 5.74) is 9.99. The highest BCUT2D eigenvalue weighted by molar-refractivity contribution is 5.83. The third-order valence-corrected chi connectivity index (χ3v) is 8.91. The van der Waals surface area contributed by atoms with E-state index in [-0.39, 0.29) is 35.7 Å². The number of hydrogen-bond acceptors (Lipinski definition) is 9. The van der Waals surface area contributed by atoms with E-state index < -0.39 is 5.97 Å². The molecule has 0 saturated heterocycles. The maximum Gasteiger partial charge on any atom is 0.307 e. The van der Waals surface area contributed by atoms with Crippen LogP contribution in [0, 0.1) is 11.8 Å². The summed E-state index contributed by atoms with van der Waals surface area (Å²) in [5, 5.41) is 11.8. The number of benzene rings is 2. The zero-order valence-corrected chi connectivity index (χ0v) is 27.7. The minimum Gasteiger partial charge on any atom is -0.484 e. The molecule has 256 valence electrons. The summed E-state index contributed by atoms with van der Waals surface area (Å²) in [5.74, 6) is 2.42. The Kier molecular flexibility index (Phi) is 10.6. The van der Waals surface area contributed by atoms with Crippen molar-refractivity contribution in [2.45, 2.75) is 50.6 Å².